The second-order valence-corrected chi connectivity index (χ2v) is 5.38. The molecule has 0 aliphatic rings. The SMILES string of the molecule is CCCN=C(Nc1ccc(Cl)cc1)c1cccc(C(F)(F)F)c1. The van der Waals surface area contributed by atoms with Crippen LogP contribution in [0, 0.1) is 0 Å². The quantitative estimate of drug-likeness (QED) is 0.566. The molecule has 0 radical (unpaired) electrons. The fraction of sp³-hybridized carbons (Fsp3) is 0.235. The first-order valence-corrected chi connectivity index (χ1v) is 7.52. The molecule has 23 heavy (non-hydrogen) atoms. The highest BCUT2D eigenvalue weighted by atomic mass is 35.5. The van der Waals surface area contributed by atoms with Crippen LogP contribution in [0.5, 0.6) is 0 Å². The summed E-state index contributed by atoms with van der Waals surface area (Å²) in [5, 5.41) is 3.64. The molecular formula is C17H16ClF3N2. The van der Waals surface area contributed by atoms with Gasteiger partial charge in [0.15, 0.2) is 0 Å². The molecule has 2 rings (SSSR count). The zero-order valence-electron chi connectivity index (χ0n) is 12.5. The van der Waals surface area contributed by atoms with Crippen molar-refractivity contribution in [3.63, 3.8) is 0 Å². The Hall–Kier alpha value is -2.01. The van der Waals surface area contributed by atoms with Gasteiger partial charge in [0.2, 0.25) is 0 Å². The molecule has 0 heterocycles. The van der Waals surface area contributed by atoms with Crippen LogP contribution >= 0.6 is 11.6 Å². The maximum atomic E-state index is 12.9. The van der Waals surface area contributed by atoms with Gasteiger partial charge in [-0.1, -0.05) is 30.7 Å². The van der Waals surface area contributed by atoms with Gasteiger partial charge in [-0.25, -0.2) is 0 Å². The molecule has 2 nitrogen and oxygen atoms in total. The minimum absolute atomic E-state index is 0.392. The lowest BCUT2D eigenvalue weighted by molar-refractivity contribution is -0.137. The minimum Gasteiger partial charge on any atom is -0.340 e. The molecule has 2 aromatic carbocycles. The summed E-state index contributed by atoms with van der Waals surface area (Å²) in [6.45, 7) is 2.47. The van der Waals surface area contributed by atoms with Crippen molar-refractivity contribution >= 4 is 23.1 Å². The maximum absolute atomic E-state index is 12.9. The molecular weight excluding hydrogens is 325 g/mol. The van der Waals surface area contributed by atoms with Crippen molar-refractivity contribution in [1.29, 1.82) is 0 Å². The highest BCUT2D eigenvalue weighted by Gasteiger charge is 2.30. The maximum Gasteiger partial charge on any atom is 0.416 e. The third-order valence-corrected chi connectivity index (χ3v) is 3.32. The number of nitrogens with one attached hydrogen (secondary N) is 1. The fourth-order valence-electron chi connectivity index (χ4n) is 1.94. The molecule has 0 unspecified atom stereocenters. The Morgan fingerprint density at radius 2 is 1.83 bits per heavy atom. The number of halogens is 4. The van der Waals surface area contributed by atoms with Crippen LogP contribution in [-0.4, -0.2) is 12.4 Å². The molecule has 0 saturated carbocycles. The van der Waals surface area contributed by atoms with E-state index in [1.165, 1.54) is 6.07 Å². The number of hydrogen-bond acceptors (Lipinski definition) is 1. The summed E-state index contributed by atoms with van der Waals surface area (Å²) in [4.78, 5) is 4.36. The second-order valence-electron chi connectivity index (χ2n) is 4.94. The number of benzene rings is 2. The van der Waals surface area contributed by atoms with Crippen molar-refractivity contribution < 1.29 is 13.2 Å². The average molecular weight is 341 g/mol. The van der Waals surface area contributed by atoms with E-state index in [2.05, 4.69) is 10.3 Å². The lowest BCUT2D eigenvalue weighted by Crippen LogP contribution is -2.16. The van der Waals surface area contributed by atoms with Crippen LogP contribution in [0.2, 0.25) is 5.02 Å². The van der Waals surface area contributed by atoms with Crippen LogP contribution in [0.25, 0.3) is 0 Å². The molecule has 0 aliphatic carbocycles. The number of nitrogens with zero attached hydrogens (tertiary/aromatic N) is 1. The molecule has 2 aromatic rings. The van der Waals surface area contributed by atoms with Gasteiger partial charge in [-0.05, 0) is 42.8 Å². The zero-order valence-corrected chi connectivity index (χ0v) is 13.2. The smallest absolute Gasteiger partial charge is 0.340 e. The summed E-state index contributed by atoms with van der Waals surface area (Å²) in [6.07, 6.45) is -3.59. The van der Waals surface area contributed by atoms with Gasteiger partial charge in [-0.2, -0.15) is 13.2 Å². The van der Waals surface area contributed by atoms with E-state index in [1.54, 1.807) is 30.3 Å². The van der Waals surface area contributed by atoms with E-state index >= 15 is 0 Å². The molecule has 0 amide bonds. The monoisotopic (exact) mass is 340 g/mol. The highest BCUT2D eigenvalue weighted by Crippen LogP contribution is 2.29. The Kier molecular flexibility index (Phi) is 5.66. The van der Waals surface area contributed by atoms with Gasteiger partial charge in [0.25, 0.3) is 0 Å². The van der Waals surface area contributed by atoms with Gasteiger partial charge >= 0.3 is 6.18 Å². The van der Waals surface area contributed by atoms with Gasteiger partial charge in [0.1, 0.15) is 5.84 Å². The van der Waals surface area contributed by atoms with Gasteiger partial charge < -0.3 is 5.32 Å². The van der Waals surface area contributed by atoms with Gasteiger partial charge in [-0.15, -0.1) is 0 Å². The predicted molar refractivity (Wildman–Crippen MR) is 88.2 cm³/mol. The minimum atomic E-state index is -4.38. The zero-order chi connectivity index (χ0) is 16.9. The molecule has 0 atom stereocenters. The van der Waals surface area contributed by atoms with Crippen molar-refractivity contribution in [3.8, 4) is 0 Å². The van der Waals surface area contributed by atoms with E-state index < -0.39 is 11.7 Å². The van der Waals surface area contributed by atoms with E-state index in [0.717, 1.165) is 18.6 Å². The summed E-state index contributed by atoms with van der Waals surface area (Å²) in [7, 11) is 0. The number of anilines is 1. The Labute approximate surface area is 138 Å². The summed E-state index contributed by atoms with van der Waals surface area (Å²) < 4.78 is 38.6. The normalized spacial score (nSPS) is 12.3. The number of hydrogen-bond donors (Lipinski definition) is 1. The lowest BCUT2D eigenvalue weighted by Gasteiger charge is -2.13. The number of aliphatic imine (C=N–C) groups is 1. The molecule has 1 N–H and O–H groups in total. The molecule has 0 bridgehead atoms. The number of amidine groups is 1. The largest absolute Gasteiger partial charge is 0.416 e. The van der Waals surface area contributed by atoms with Crippen LogP contribution in [0.15, 0.2) is 53.5 Å². The van der Waals surface area contributed by atoms with Crippen LogP contribution in [0.3, 0.4) is 0 Å². The van der Waals surface area contributed by atoms with E-state index in [-0.39, 0.29) is 0 Å². The first-order valence-electron chi connectivity index (χ1n) is 7.15. The topological polar surface area (TPSA) is 24.4 Å². The molecule has 122 valence electrons. The highest BCUT2D eigenvalue weighted by molar-refractivity contribution is 6.30. The first-order chi connectivity index (χ1) is 10.9. The molecule has 0 aliphatic heterocycles. The summed E-state index contributed by atoms with van der Waals surface area (Å²) in [5.41, 5.74) is 0.405. The fourth-order valence-corrected chi connectivity index (χ4v) is 2.07. The summed E-state index contributed by atoms with van der Waals surface area (Å²) in [6, 6.07) is 12.0. The van der Waals surface area contributed by atoms with E-state index in [4.69, 9.17) is 11.6 Å². The summed E-state index contributed by atoms with van der Waals surface area (Å²) >= 11 is 5.84. The van der Waals surface area contributed by atoms with Crippen LogP contribution in [0.4, 0.5) is 18.9 Å². The van der Waals surface area contributed by atoms with Crippen molar-refractivity contribution in [2.45, 2.75) is 19.5 Å². The van der Waals surface area contributed by atoms with Gasteiger partial charge in [0.05, 0.1) is 5.56 Å². The van der Waals surface area contributed by atoms with E-state index in [0.29, 0.717) is 28.7 Å². The van der Waals surface area contributed by atoms with Crippen molar-refractivity contribution in [2.24, 2.45) is 4.99 Å². The first kappa shape index (κ1) is 17.3. The Bertz CT molecular complexity index is 679. The van der Waals surface area contributed by atoms with Crippen LogP contribution in [-0.2, 0) is 6.18 Å². The second kappa shape index (κ2) is 7.51. The third-order valence-electron chi connectivity index (χ3n) is 3.06. The molecule has 0 fully saturated rings. The molecule has 6 heteroatoms. The third kappa shape index (κ3) is 4.99. The van der Waals surface area contributed by atoms with E-state index in [1.807, 2.05) is 6.92 Å². The van der Waals surface area contributed by atoms with Crippen molar-refractivity contribution in [1.82, 2.24) is 0 Å². The van der Waals surface area contributed by atoms with Crippen molar-refractivity contribution in [2.75, 3.05) is 11.9 Å². The predicted octanol–water partition coefficient (Wildman–Crippen LogP) is 5.63. The molecule has 0 spiro atoms. The van der Waals surface area contributed by atoms with Crippen LogP contribution < -0.4 is 5.32 Å². The molecule has 0 saturated heterocycles. The van der Waals surface area contributed by atoms with Gasteiger partial charge in [-0.3, -0.25) is 4.99 Å². The lowest BCUT2D eigenvalue weighted by atomic mass is 10.1. The van der Waals surface area contributed by atoms with Crippen LogP contribution in [0.1, 0.15) is 24.5 Å². The Morgan fingerprint density at radius 3 is 2.43 bits per heavy atom. The number of rotatable bonds is 4. The average Bonchev–Trinajstić information content (AvgIpc) is 2.52. The Balaban J connectivity index is 2.33. The summed E-state index contributed by atoms with van der Waals surface area (Å²) in [5.74, 6) is 0.403. The van der Waals surface area contributed by atoms with Gasteiger partial charge in [0, 0.05) is 22.8 Å². The van der Waals surface area contributed by atoms with E-state index in [9.17, 15) is 13.2 Å². The Morgan fingerprint density at radius 1 is 1.13 bits per heavy atom. The molecule has 0 aromatic heterocycles. The standard InChI is InChI=1S/C17H16ClF3N2/c1-2-10-22-16(23-15-8-6-14(18)7-9-15)12-4-3-5-13(11-12)17(19,20)21/h3-9,11H,2,10H2,1H3,(H,22,23). The van der Waals surface area contributed by atoms with Crippen molar-refractivity contribution in [3.05, 3.63) is 64.7 Å². The number of alkyl halides is 3.